The lowest BCUT2D eigenvalue weighted by molar-refractivity contribution is -0.156. The Morgan fingerprint density at radius 1 is 1.20 bits per heavy atom. The zero-order chi connectivity index (χ0) is 21.5. The summed E-state index contributed by atoms with van der Waals surface area (Å²) in [6.07, 6.45) is -0.139. The van der Waals surface area contributed by atoms with E-state index in [1.165, 1.54) is 0 Å². The number of nitrogens with zero attached hydrogens (tertiary/aromatic N) is 1. The Kier molecular flexibility index (Phi) is 7.65. The lowest BCUT2D eigenvalue weighted by Crippen LogP contribution is -2.29. The third-order valence-electron chi connectivity index (χ3n) is 4.64. The molecule has 0 bridgehead atoms. The summed E-state index contributed by atoms with van der Waals surface area (Å²) in [5, 5.41) is 1.99. The Bertz CT molecular complexity index is 964. The summed E-state index contributed by atoms with van der Waals surface area (Å²) in [6.45, 7) is 8.65. The molecule has 0 spiro atoms. The van der Waals surface area contributed by atoms with Crippen molar-refractivity contribution in [2.24, 2.45) is 0 Å². The van der Waals surface area contributed by atoms with Gasteiger partial charge in [-0.15, -0.1) is 11.3 Å². The van der Waals surface area contributed by atoms with Crippen LogP contribution in [0, 0.1) is 13.8 Å². The molecule has 3 aromatic rings. The van der Waals surface area contributed by atoms with Crippen LogP contribution in [-0.4, -0.2) is 30.3 Å². The van der Waals surface area contributed by atoms with Gasteiger partial charge in [0.1, 0.15) is 23.8 Å². The fourth-order valence-corrected chi connectivity index (χ4v) is 3.70. The number of aryl methyl sites for hydroxylation is 2. The molecule has 30 heavy (non-hydrogen) atoms. The molecular weight excluding hydrogens is 402 g/mol. The average molecular weight is 430 g/mol. The molecule has 2 heterocycles. The minimum Gasteiger partial charge on any atom is -0.487 e. The summed E-state index contributed by atoms with van der Waals surface area (Å²) in [7, 11) is 0. The van der Waals surface area contributed by atoms with Crippen molar-refractivity contribution in [2.45, 2.75) is 46.8 Å². The average Bonchev–Trinajstić information content (AvgIpc) is 3.37. The van der Waals surface area contributed by atoms with Crippen molar-refractivity contribution in [1.29, 1.82) is 0 Å². The van der Waals surface area contributed by atoms with Crippen molar-refractivity contribution in [1.82, 2.24) is 4.98 Å². The van der Waals surface area contributed by atoms with E-state index in [0.29, 0.717) is 32.1 Å². The second-order valence-corrected chi connectivity index (χ2v) is 7.72. The van der Waals surface area contributed by atoms with Crippen LogP contribution in [0.1, 0.15) is 36.4 Å². The number of thiophene rings is 1. The van der Waals surface area contributed by atoms with Gasteiger partial charge >= 0.3 is 5.97 Å². The highest BCUT2D eigenvalue weighted by Crippen LogP contribution is 2.27. The van der Waals surface area contributed by atoms with Gasteiger partial charge in [-0.25, -0.2) is 9.78 Å². The van der Waals surface area contributed by atoms with Crippen molar-refractivity contribution < 1.29 is 23.4 Å². The van der Waals surface area contributed by atoms with Crippen molar-refractivity contribution >= 4 is 17.3 Å². The Morgan fingerprint density at radius 2 is 2.03 bits per heavy atom. The van der Waals surface area contributed by atoms with Crippen LogP contribution in [0.25, 0.3) is 10.8 Å². The van der Waals surface area contributed by atoms with E-state index in [9.17, 15) is 4.79 Å². The maximum Gasteiger partial charge on any atom is 0.335 e. The van der Waals surface area contributed by atoms with Crippen LogP contribution >= 0.6 is 11.3 Å². The summed E-state index contributed by atoms with van der Waals surface area (Å²) < 4.78 is 22.4. The molecule has 0 aliphatic heterocycles. The van der Waals surface area contributed by atoms with Gasteiger partial charge in [-0.1, -0.05) is 12.1 Å². The number of hydrogen-bond acceptors (Lipinski definition) is 7. The number of carbonyl (C=O) groups is 1. The number of aromatic nitrogens is 1. The van der Waals surface area contributed by atoms with Gasteiger partial charge in [-0.2, -0.15) is 0 Å². The van der Waals surface area contributed by atoms with Crippen LogP contribution in [0.3, 0.4) is 0 Å². The van der Waals surface area contributed by atoms with Crippen molar-refractivity contribution in [2.75, 3.05) is 13.2 Å². The number of carbonyl (C=O) groups excluding carboxylic acids is 1. The minimum absolute atomic E-state index is 0.323. The van der Waals surface area contributed by atoms with Crippen LogP contribution in [0.15, 0.2) is 40.1 Å². The zero-order valence-corrected chi connectivity index (χ0v) is 18.6. The van der Waals surface area contributed by atoms with Crippen molar-refractivity contribution in [3.63, 3.8) is 0 Å². The van der Waals surface area contributed by atoms with Crippen LogP contribution in [0.5, 0.6) is 5.75 Å². The summed E-state index contributed by atoms with van der Waals surface area (Å²) in [4.78, 5) is 17.7. The Balaban J connectivity index is 1.65. The molecule has 0 saturated heterocycles. The normalized spacial score (nSPS) is 12.0. The lowest BCUT2D eigenvalue weighted by Gasteiger charge is -2.17. The van der Waals surface area contributed by atoms with E-state index < -0.39 is 6.10 Å². The quantitative estimate of drug-likeness (QED) is 0.417. The molecule has 0 aliphatic carbocycles. The second kappa shape index (κ2) is 10.4. The van der Waals surface area contributed by atoms with Crippen molar-refractivity contribution in [3.05, 3.63) is 58.3 Å². The molecule has 0 amide bonds. The fourth-order valence-electron chi connectivity index (χ4n) is 3.05. The molecule has 0 fully saturated rings. The Labute approximate surface area is 180 Å². The van der Waals surface area contributed by atoms with Crippen LogP contribution in [-0.2, 0) is 27.3 Å². The smallest absolute Gasteiger partial charge is 0.335 e. The van der Waals surface area contributed by atoms with Gasteiger partial charge in [0.05, 0.1) is 11.5 Å². The van der Waals surface area contributed by atoms with Crippen LogP contribution in [0.2, 0.25) is 0 Å². The number of esters is 1. The maximum atomic E-state index is 12.1. The highest BCUT2D eigenvalue weighted by molar-refractivity contribution is 7.13. The summed E-state index contributed by atoms with van der Waals surface area (Å²) in [5.74, 6) is 1.77. The van der Waals surface area contributed by atoms with Gasteiger partial charge in [-0.05, 0) is 62.4 Å². The summed E-state index contributed by atoms with van der Waals surface area (Å²) in [5.41, 5.74) is 2.82. The first-order valence-corrected chi connectivity index (χ1v) is 10.9. The highest BCUT2D eigenvalue weighted by Gasteiger charge is 2.21. The zero-order valence-electron chi connectivity index (χ0n) is 17.8. The first kappa shape index (κ1) is 22.1. The van der Waals surface area contributed by atoms with E-state index in [4.69, 9.17) is 18.6 Å². The number of oxazole rings is 1. The number of rotatable bonds is 10. The van der Waals surface area contributed by atoms with E-state index in [-0.39, 0.29) is 5.97 Å². The topological polar surface area (TPSA) is 70.8 Å². The van der Waals surface area contributed by atoms with Gasteiger partial charge < -0.3 is 18.6 Å². The molecule has 3 rings (SSSR count). The van der Waals surface area contributed by atoms with E-state index in [2.05, 4.69) is 4.98 Å². The minimum atomic E-state index is -0.603. The number of benzene rings is 1. The largest absolute Gasteiger partial charge is 0.487 e. The molecule has 1 unspecified atom stereocenters. The first-order chi connectivity index (χ1) is 14.5. The van der Waals surface area contributed by atoms with Crippen LogP contribution in [0.4, 0.5) is 0 Å². The van der Waals surface area contributed by atoms with E-state index in [1.807, 2.05) is 56.5 Å². The summed E-state index contributed by atoms with van der Waals surface area (Å²) >= 11 is 1.59. The van der Waals surface area contributed by atoms with Gasteiger partial charge in [0.25, 0.3) is 0 Å². The molecule has 6 nitrogen and oxygen atoms in total. The lowest BCUT2D eigenvalue weighted by atomic mass is 10.0. The SMILES string of the molecule is CCOC(=O)C(Cc1ccc(OCc2nc(-c3cccs3)oc2C)cc1C)OCC. The van der Waals surface area contributed by atoms with E-state index >= 15 is 0 Å². The molecule has 2 aromatic heterocycles. The Morgan fingerprint density at radius 3 is 2.70 bits per heavy atom. The molecule has 1 atom stereocenters. The standard InChI is InChI=1S/C23H27NO5S/c1-5-26-20(23(25)27-6-2)13-17-9-10-18(12-15(17)3)28-14-19-16(4)29-22(24-19)21-8-7-11-30-21/h7-12,20H,5-6,13-14H2,1-4H3. The third-order valence-corrected chi connectivity index (χ3v) is 5.49. The summed E-state index contributed by atoms with van der Waals surface area (Å²) in [6, 6.07) is 9.76. The van der Waals surface area contributed by atoms with Gasteiger partial charge in [0, 0.05) is 13.0 Å². The van der Waals surface area contributed by atoms with Crippen molar-refractivity contribution in [3.8, 4) is 16.5 Å². The Hall–Kier alpha value is -2.64. The molecule has 1 aromatic carbocycles. The monoisotopic (exact) mass is 429 g/mol. The number of hydrogen-bond donors (Lipinski definition) is 0. The fraction of sp³-hybridized carbons (Fsp3) is 0.391. The van der Waals surface area contributed by atoms with Gasteiger partial charge in [0.2, 0.25) is 5.89 Å². The predicted octanol–water partition coefficient (Wildman–Crippen LogP) is 5.11. The molecule has 7 heteroatoms. The first-order valence-electron chi connectivity index (χ1n) is 10.0. The van der Waals surface area contributed by atoms with Crippen LogP contribution < -0.4 is 4.74 Å². The predicted molar refractivity (Wildman–Crippen MR) is 116 cm³/mol. The molecular formula is C23H27NO5S. The highest BCUT2D eigenvalue weighted by atomic mass is 32.1. The van der Waals surface area contributed by atoms with E-state index in [1.54, 1.807) is 18.3 Å². The molecule has 0 radical (unpaired) electrons. The molecule has 160 valence electrons. The second-order valence-electron chi connectivity index (χ2n) is 6.78. The van der Waals surface area contributed by atoms with Gasteiger partial charge in [-0.3, -0.25) is 0 Å². The molecule has 0 N–H and O–H groups in total. The third kappa shape index (κ3) is 5.49. The number of ether oxygens (including phenoxy) is 3. The van der Waals surface area contributed by atoms with E-state index in [0.717, 1.165) is 33.2 Å². The maximum absolute atomic E-state index is 12.1. The molecule has 0 aliphatic rings. The van der Waals surface area contributed by atoms with Gasteiger partial charge in [0.15, 0.2) is 6.10 Å². The molecule has 0 saturated carbocycles.